The molecule has 0 radical (unpaired) electrons. The molecule has 0 spiro atoms. The van der Waals surface area contributed by atoms with Gasteiger partial charge in [0.25, 0.3) is 5.89 Å². The second-order valence-corrected chi connectivity index (χ2v) is 3.45. The summed E-state index contributed by atoms with van der Waals surface area (Å²) < 4.78 is 18.4. The van der Waals surface area contributed by atoms with E-state index in [1.807, 2.05) is 6.92 Å². The monoisotopic (exact) mass is 221 g/mol. The molecule has 0 aliphatic heterocycles. The second kappa shape index (κ2) is 4.40. The van der Waals surface area contributed by atoms with Gasteiger partial charge in [0.2, 0.25) is 0 Å². The van der Waals surface area contributed by atoms with Crippen molar-refractivity contribution in [3.05, 3.63) is 35.9 Å². The van der Waals surface area contributed by atoms with Gasteiger partial charge >= 0.3 is 0 Å². The number of nitrogens with two attached hydrogens (primary N) is 1. The highest BCUT2D eigenvalue weighted by Crippen LogP contribution is 2.22. The van der Waals surface area contributed by atoms with E-state index in [2.05, 4.69) is 10.1 Å². The second-order valence-electron chi connectivity index (χ2n) is 3.45. The summed E-state index contributed by atoms with van der Waals surface area (Å²) in [7, 11) is 0. The van der Waals surface area contributed by atoms with Crippen molar-refractivity contribution < 1.29 is 8.91 Å². The maximum atomic E-state index is 13.4. The Morgan fingerprint density at radius 2 is 2.19 bits per heavy atom. The minimum absolute atomic E-state index is 0.164. The first-order valence-corrected chi connectivity index (χ1v) is 5.06. The molecule has 0 aliphatic carbocycles. The van der Waals surface area contributed by atoms with Crippen LogP contribution in [0.5, 0.6) is 0 Å². The number of aromatic nitrogens is 2. The zero-order chi connectivity index (χ0) is 11.5. The Labute approximate surface area is 92.3 Å². The minimum atomic E-state index is -0.386. The minimum Gasteiger partial charge on any atom is -0.334 e. The van der Waals surface area contributed by atoms with E-state index in [4.69, 9.17) is 10.3 Å². The number of nitrogens with zero attached hydrogens (tertiary/aromatic N) is 2. The fourth-order valence-electron chi connectivity index (χ4n) is 1.31. The van der Waals surface area contributed by atoms with Crippen molar-refractivity contribution in [1.82, 2.24) is 10.1 Å². The molecule has 2 N–H and O–H groups in total. The van der Waals surface area contributed by atoms with E-state index in [1.54, 1.807) is 18.2 Å². The van der Waals surface area contributed by atoms with Gasteiger partial charge in [-0.05, 0) is 18.6 Å². The van der Waals surface area contributed by atoms with E-state index < -0.39 is 0 Å². The van der Waals surface area contributed by atoms with Crippen molar-refractivity contribution in [2.45, 2.75) is 19.4 Å². The molecular formula is C11H12FN3O. The maximum absolute atomic E-state index is 13.4. The molecule has 2 aromatic rings. The lowest BCUT2D eigenvalue weighted by Gasteiger charge is -1.99. The predicted octanol–water partition coefficient (Wildman–Crippen LogP) is 2.29. The molecule has 0 saturated carbocycles. The molecule has 0 aliphatic rings. The van der Waals surface area contributed by atoms with Crippen LogP contribution in [0.3, 0.4) is 0 Å². The summed E-state index contributed by atoms with van der Waals surface area (Å²) in [6, 6.07) is 5.98. The fraction of sp³-hybridized carbons (Fsp3) is 0.273. The van der Waals surface area contributed by atoms with Crippen LogP contribution in [0.1, 0.15) is 25.2 Å². The molecule has 1 aromatic carbocycles. The van der Waals surface area contributed by atoms with Crippen LogP contribution in [-0.2, 0) is 0 Å². The van der Waals surface area contributed by atoms with Crippen molar-refractivity contribution in [2.24, 2.45) is 5.73 Å². The summed E-state index contributed by atoms with van der Waals surface area (Å²) in [6.45, 7) is 1.92. The molecule has 4 nitrogen and oxygen atoms in total. The van der Waals surface area contributed by atoms with Gasteiger partial charge in [-0.25, -0.2) is 4.39 Å². The first-order valence-electron chi connectivity index (χ1n) is 5.06. The summed E-state index contributed by atoms with van der Waals surface area (Å²) in [6.07, 6.45) is 0.705. The van der Waals surface area contributed by atoms with Gasteiger partial charge in [-0.1, -0.05) is 24.2 Å². The van der Waals surface area contributed by atoms with Gasteiger partial charge in [0.15, 0.2) is 5.82 Å². The van der Waals surface area contributed by atoms with Gasteiger partial charge in [0.1, 0.15) is 5.82 Å². The summed E-state index contributed by atoms with van der Waals surface area (Å²) in [4.78, 5) is 4.07. The molecule has 1 unspecified atom stereocenters. The van der Waals surface area contributed by atoms with Crippen LogP contribution in [0.15, 0.2) is 28.8 Å². The van der Waals surface area contributed by atoms with Gasteiger partial charge in [-0.2, -0.15) is 4.98 Å². The molecule has 1 heterocycles. The molecule has 84 valence electrons. The summed E-state index contributed by atoms with van der Waals surface area (Å²) in [5, 5.41) is 3.73. The van der Waals surface area contributed by atoms with Crippen LogP contribution in [-0.4, -0.2) is 10.1 Å². The number of halogens is 1. The van der Waals surface area contributed by atoms with Gasteiger partial charge in [0.05, 0.1) is 11.6 Å². The van der Waals surface area contributed by atoms with Gasteiger partial charge in [0, 0.05) is 0 Å². The Morgan fingerprint density at radius 1 is 1.44 bits per heavy atom. The number of hydrogen-bond donors (Lipinski definition) is 1. The molecular weight excluding hydrogens is 209 g/mol. The van der Waals surface area contributed by atoms with Crippen LogP contribution >= 0.6 is 0 Å². The highest BCUT2D eigenvalue weighted by Gasteiger charge is 2.15. The quantitative estimate of drug-likeness (QED) is 0.863. The molecule has 0 saturated heterocycles. The Balaban J connectivity index is 2.35. The SMILES string of the molecule is CCC(N)c1noc(-c2ccccc2F)n1. The normalized spacial score (nSPS) is 12.7. The highest BCUT2D eigenvalue weighted by molar-refractivity contribution is 5.53. The van der Waals surface area contributed by atoms with Crippen molar-refractivity contribution >= 4 is 0 Å². The van der Waals surface area contributed by atoms with Crippen molar-refractivity contribution in [3.63, 3.8) is 0 Å². The molecule has 1 atom stereocenters. The summed E-state index contributed by atoms with van der Waals surface area (Å²) in [5.74, 6) is 0.181. The lowest BCUT2D eigenvalue weighted by molar-refractivity contribution is 0.413. The third-order valence-electron chi connectivity index (χ3n) is 2.32. The van der Waals surface area contributed by atoms with Crippen LogP contribution in [0, 0.1) is 5.82 Å². The predicted molar refractivity (Wildman–Crippen MR) is 56.9 cm³/mol. The van der Waals surface area contributed by atoms with Crippen molar-refractivity contribution in [2.75, 3.05) is 0 Å². The average molecular weight is 221 g/mol. The maximum Gasteiger partial charge on any atom is 0.260 e. The van der Waals surface area contributed by atoms with Gasteiger partial charge < -0.3 is 10.3 Å². The number of benzene rings is 1. The Kier molecular flexibility index (Phi) is 2.96. The third kappa shape index (κ3) is 1.94. The van der Waals surface area contributed by atoms with Crippen molar-refractivity contribution in [1.29, 1.82) is 0 Å². The van der Waals surface area contributed by atoms with E-state index in [9.17, 15) is 4.39 Å². The number of rotatable bonds is 3. The first-order chi connectivity index (χ1) is 7.72. The van der Waals surface area contributed by atoms with E-state index in [1.165, 1.54) is 6.07 Å². The number of hydrogen-bond acceptors (Lipinski definition) is 4. The average Bonchev–Trinajstić information content (AvgIpc) is 2.78. The highest BCUT2D eigenvalue weighted by atomic mass is 19.1. The Hall–Kier alpha value is -1.75. The molecule has 1 aromatic heterocycles. The van der Waals surface area contributed by atoms with Crippen molar-refractivity contribution in [3.8, 4) is 11.5 Å². The zero-order valence-corrected chi connectivity index (χ0v) is 8.85. The van der Waals surface area contributed by atoms with E-state index in [0.717, 1.165) is 0 Å². The summed E-state index contributed by atoms with van der Waals surface area (Å²) in [5.41, 5.74) is 6.04. The fourth-order valence-corrected chi connectivity index (χ4v) is 1.31. The van der Waals surface area contributed by atoms with Gasteiger partial charge in [-0.15, -0.1) is 0 Å². The molecule has 0 fully saturated rings. The van der Waals surface area contributed by atoms with Crippen LogP contribution in [0.25, 0.3) is 11.5 Å². The zero-order valence-electron chi connectivity index (χ0n) is 8.85. The van der Waals surface area contributed by atoms with E-state index in [0.29, 0.717) is 17.8 Å². The lowest BCUT2D eigenvalue weighted by Crippen LogP contribution is -2.10. The third-order valence-corrected chi connectivity index (χ3v) is 2.32. The lowest BCUT2D eigenvalue weighted by atomic mass is 10.2. The summed E-state index contributed by atoms with van der Waals surface area (Å²) >= 11 is 0. The molecule has 0 amide bonds. The van der Waals surface area contributed by atoms with Crippen LogP contribution in [0.4, 0.5) is 4.39 Å². The molecule has 2 rings (SSSR count). The smallest absolute Gasteiger partial charge is 0.260 e. The Bertz CT molecular complexity index is 484. The van der Waals surface area contributed by atoms with E-state index >= 15 is 0 Å². The molecule has 0 bridgehead atoms. The Morgan fingerprint density at radius 3 is 2.88 bits per heavy atom. The topological polar surface area (TPSA) is 64.9 Å². The largest absolute Gasteiger partial charge is 0.334 e. The first kappa shape index (κ1) is 10.8. The van der Waals surface area contributed by atoms with Gasteiger partial charge in [-0.3, -0.25) is 0 Å². The molecule has 5 heteroatoms. The molecule has 16 heavy (non-hydrogen) atoms. The van der Waals surface area contributed by atoms with E-state index in [-0.39, 0.29) is 17.7 Å². The standard InChI is InChI=1S/C11H12FN3O/c1-2-9(13)10-14-11(16-15-10)7-5-3-4-6-8(7)12/h3-6,9H,2,13H2,1H3. The van der Waals surface area contributed by atoms with Crippen LogP contribution < -0.4 is 5.73 Å². The van der Waals surface area contributed by atoms with Crippen LogP contribution in [0.2, 0.25) is 0 Å².